The van der Waals surface area contributed by atoms with E-state index in [0.717, 1.165) is 37.7 Å². The van der Waals surface area contributed by atoms with Crippen LogP contribution in [0.2, 0.25) is 0 Å². The molecule has 10 heteroatoms. The molecule has 4 rings (SSSR count). The van der Waals surface area contributed by atoms with Crippen molar-refractivity contribution in [2.75, 3.05) is 11.9 Å². The van der Waals surface area contributed by atoms with Gasteiger partial charge in [0.25, 0.3) is 11.8 Å². The van der Waals surface area contributed by atoms with Crippen molar-refractivity contribution in [1.29, 1.82) is 0 Å². The van der Waals surface area contributed by atoms with Gasteiger partial charge in [-0.15, -0.1) is 16.4 Å². The van der Waals surface area contributed by atoms with Crippen LogP contribution in [0.3, 0.4) is 0 Å². The van der Waals surface area contributed by atoms with Crippen LogP contribution in [0, 0.1) is 0 Å². The van der Waals surface area contributed by atoms with Gasteiger partial charge in [-0.05, 0) is 79.3 Å². The average molecular weight is 469 g/mol. The lowest BCUT2D eigenvalue weighted by Crippen LogP contribution is -2.26. The quantitative estimate of drug-likeness (QED) is 0.496. The topological polar surface area (TPSA) is 111 Å². The highest BCUT2D eigenvalue weighted by molar-refractivity contribution is 7.17. The molecular weight excluding hydrogens is 440 g/mol. The van der Waals surface area contributed by atoms with Gasteiger partial charge in [0.1, 0.15) is 17.4 Å². The lowest BCUT2D eigenvalue weighted by Gasteiger charge is -2.13. The summed E-state index contributed by atoms with van der Waals surface area (Å²) in [7, 11) is 0. The Morgan fingerprint density at radius 2 is 1.91 bits per heavy atom. The first-order chi connectivity index (χ1) is 16.1. The predicted octanol–water partition coefficient (Wildman–Crippen LogP) is 3.60. The molecule has 9 nitrogen and oxygen atoms in total. The Balaban J connectivity index is 1.45. The number of aromatic nitrogens is 4. The summed E-state index contributed by atoms with van der Waals surface area (Å²) in [5.41, 5.74) is 2.21. The number of thiophene rings is 1. The zero-order chi connectivity index (χ0) is 23.2. The summed E-state index contributed by atoms with van der Waals surface area (Å²) in [6.07, 6.45) is 4.88. The summed E-state index contributed by atoms with van der Waals surface area (Å²) in [5, 5.41) is 18.0. The fourth-order valence-electron chi connectivity index (χ4n) is 3.82. The van der Waals surface area contributed by atoms with Gasteiger partial charge in [0.05, 0.1) is 5.56 Å². The van der Waals surface area contributed by atoms with Gasteiger partial charge < -0.3 is 15.4 Å². The van der Waals surface area contributed by atoms with E-state index in [-0.39, 0.29) is 18.4 Å². The van der Waals surface area contributed by atoms with Gasteiger partial charge in [-0.3, -0.25) is 9.59 Å². The number of carbonyl (C=O) groups is 2. The Bertz CT molecular complexity index is 1120. The summed E-state index contributed by atoms with van der Waals surface area (Å²) in [6.45, 7) is 5.49. The highest BCUT2D eigenvalue weighted by atomic mass is 32.1. The second kappa shape index (κ2) is 10.6. The molecule has 3 aromatic rings. The Morgan fingerprint density at radius 1 is 1.12 bits per heavy atom. The fourth-order valence-corrected chi connectivity index (χ4v) is 5.10. The van der Waals surface area contributed by atoms with Gasteiger partial charge in [0, 0.05) is 23.5 Å². The smallest absolute Gasteiger partial charge is 0.256 e. The molecule has 0 saturated carbocycles. The van der Waals surface area contributed by atoms with Crippen molar-refractivity contribution < 1.29 is 14.3 Å². The van der Waals surface area contributed by atoms with Crippen LogP contribution in [0.1, 0.15) is 70.1 Å². The normalized spacial score (nSPS) is 12.8. The standard InChI is InChI=1S/C23H28N6O3S/c1-3-13-24-22(31)20-17-7-5-6-8-18(17)33-23(20)25-21(30)15-9-11-16(12-10-15)32-14-19-26-27-28-29(19)4-2/h9-12H,3-8,13-14H2,1-2H3,(H,24,31)(H,25,30). The van der Waals surface area contributed by atoms with Crippen molar-refractivity contribution in [1.82, 2.24) is 25.5 Å². The zero-order valence-electron chi connectivity index (χ0n) is 18.9. The molecule has 0 saturated heterocycles. The van der Waals surface area contributed by atoms with Gasteiger partial charge in [-0.25, -0.2) is 4.68 Å². The summed E-state index contributed by atoms with van der Waals surface area (Å²) in [4.78, 5) is 27.0. The van der Waals surface area contributed by atoms with Gasteiger partial charge >= 0.3 is 0 Å². The molecule has 0 radical (unpaired) electrons. The van der Waals surface area contributed by atoms with E-state index in [9.17, 15) is 9.59 Å². The first kappa shape index (κ1) is 22.9. The number of nitrogens with one attached hydrogen (secondary N) is 2. The van der Waals surface area contributed by atoms with Crippen LogP contribution in [-0.4, -0.2) is 38.6 Å². The van der Waals surface area contributed by atoms with Gasteiger partial charge in [-0.2, -0.15) is 0 Å². The molecule has 0 unspecified atom stereocenters. The molecule has 1 aliphatic carbocycles. The van der Waals surface area contributed by atoms with E-state index in [1.807, 2.05) is 13.8 Å². The largest absolute Gasteiger partial charge is 0.486 e. The Kier molecular flexibility index (Phi) is 7.33. The van der Waals surface area contributed by atoms with Crippen LogP contribution < -0.4 is 15.4 Å². The average Bonchev–Trinajstić information content (AvgIpc) is 3.45. The molecule has 0 bridgehead atoms. The number of carbonyl (C=O) groups excluding carboxylic acids is 2. The lowest BCUT2D eigenvalue weighted by atomic mass is 9.95. The second-order valence-electron chi connectivity index (χ2n) is 7.85. The first-order valence-electron chi connectivity index (χ1n) is 11.3. The molecule has 0 atom stereocenters. The van der Waals surface area contributed by atoms with Crippen molar-refractivity contribution in [3.8, 4) is 5.75 Å². The molecule has 174 valence electrons. The van der Waals surface area contributed by atoms with Crippen molar-refractivity contribution in [2.24, 2.45) is 0 Å². The second-order valence-corrected chi connectivity index (χ2v) is 8.95. The molecule has 1 aliphatic rings. The number of nitrogens with zero attached hydrogens (tertiary/aromatic N) is 4. The number of ether oxygens (including phenoxy) is 1. The summed E-state index contributed by atoms with van der Waals surface area (Å²) >= 11 is 1.52. The predicted molar refractivity (Wildman–Crippen MR) is 126 cm³/mol. The number of rotatable bonds is 9. The van der Waals surface area contributed by atoms with Crippen LogP contribution >= 0.6 is 11.3 Å². The third-order valence-electron chi connectivity index (χ3n) is 5.55. The van der Waals surface area contributed by atoms with Gasteiger partial charge in [0.15, 0.2) is 5.82 Å². The summed E-state index contributed by atoms with van der Waals surface area (Å²) in [5.74, 6) is 0.891. The Labute approximate surface area is 196 Å². The maximum Gasteiger partial charge on any atom is 0.256 e. The number of hydrogen-bond donors (Lipinski definition) is 2. The minimum atomic E-state index is -0.250. The van der Waals surface area contributed by atoms with E-state index in [4.69, 9.17) is 4.74 Å². The number of fused-ring (bicyclic) bond motifs is 1. The molecule has 0 fully saturated rings. The van der Waals surface area contributed by atoms with Crippen LogP contribution in [-0.2, 0) is 26.0 Å². The fraction of sp³-hybridized carbons (Fsp3) is 0.435. The van der Waals surface area contributed by atoms with Crippen molar-refractivity contribution >= 4 is 28.2 Å². The Hall–Kier alpha value is -3.27. The number of tetrazole rings is 1. The molecule has 2 heterocycles. The molecule has 2 aromatic heterocycles. The first-order valence-corrected chi connectivity index (χ1v) is 12.1. The number of hydrogen-bond acceptors (Lipinski definition) is 7. The molecule has 0 aliphatic heterocycles. The van der Waals surface area contributed by atoms with Crippen LogP contribution in [0.4, 0.5) is 5.00 Å². The third kappa shape index (κ3) is 5.22. The van der Waals surface area contributed by atoms with E-state index >= 15 is 0 Å². The summed E-state index contributed by atoms with van der Waals surface area (Å²) in [6, 6.07) is 6.89. The maximum atomic E-state index is 12.9. The summed E-state index contributed by atoms with van der Waals surface area (Å²) < 4.78 is 7.41. The molecule has 33 heavy (non-hydrogen) atoms. The van der Waals surface area contributed by atoms with Crippen LogP contribution in [0.5, 0.6) is 5.75 Å². The SMILES string of the molecule is CCCNC(=O)c1c(NC(=O)c2ccc(OCc3nnnn3CC)cc2)sc2c1CCCC2. The Morgan fingerprint density at radius 3 is 2.67 bits per heavy atom. The number of anilines is 1. The van der Waals surface area contributed by atoms with Crippen LogP contribution in [0.25, 0.3) is 0 Å². The molecular formula is C23H28N6O3S. The highest BCUT2D eigenvalue weighted by Crippen LogP contribution is 2.38. The van der Waals surface area contributed by atoms with Crippen molar-refractivity contribution in [3.05, 3.63) is 51.7 Å². The minimum Gasteiger partial charge on any atom is -0.486 e. The maximum absolute atomic E-state index is 12.9. The van der Waals surface area contributed by atoms with Gasteiger partial charge in [0.2, 0.25) is 0 Å². The molecule has 2 amide bonds. The highest BCUT2D eigenvalue weighted by Gasteiger charge is 2.26. The van der Waals surface area contributed by atoms with E-state index in [1.165, 1.54) is 16.2 Å². The van der Waals surface area contributed by atoms with Crippen LogP contribution in [0.15, 0.2) is 24.3 Å². The molecule has 1 aromatic carbocycles. The van der Waals surface area contributed by atoms with E-state index in [2.05, 4.69) is 26.2 Å². The minimum absolute atomic E-state index is 0.107. The van der Waals surface area contributed by atoms with E-state index < -0.39 is 0 Å². The van der Waals surface area contributed by atoms with Gasteiger partial charge in [-0.1, -0.05) is 6.92 Å². The van der Waals surface area contributed by atoms with E-state index in [1.54, 1.807) is 28.9 Å². The number of benzene rings is 1. The number of amides is 2. The van der Waals surface area contributed by atoms with Crippen molar-refractivity contribution in [3.63, 3.8) is 0 Å². The molecule has 0 spiro atoms. The monoisotopic (exact) mass is 468 g/mol. The molecule has 2 N–H and O–H groups in total. The zero-order valence-corrected chi connectivity index (χ0v) is 19.7. The lowest BCUT2D eigenvalue weighted by molar-refractivity contribution is 0.0954. The third-order valence-corrected chi connectivity index (χ3v) is 6.76. The van der Waals surface area contributed by atoms with Crippen molar-refractivity contribution in [2.45, 2.75) is 59.1 Å². The van der Waals surface area contributed by atoms with E-state index in [0.29, 0.717) is 40.8 Å². The number of aryl methyl sites for hydroxylation is 2.